The summed E-state index contributed by atoms with van der Waals surface area (Å²) in [7, 11) is -3.04. The third-order valence-electron chi connectivity index (χ3n) is 4.52. The molecular weight excluding hydrogens is 352 g/mol. The number of hydrogen-bond acceptors (Lipinski definition) is 5. The van der Waals surface area contributed by atoms with Crippen molar-refractivity contribution in [2.45, 2.75) is 38.9 Å². The average Bonchev–Trinajstić information content (AvgIpc) is 3.14. The van der Waals surface area contributed by atoms with Gasteiger partial charge in [-0.05, 0) is 31.9 Å². The molecule has 2 atom stereocenters. The Kier molecular flexibility index (Phi) is 5.04. The van der Waals surface area contributed by atoms with E-state index >= 15 is 0 Å². The number of sulfone groups is 1. The molecule has 3 rings (SSSR count). The summed E-state index contributed by atoms with van der Waals surface area (Å²) < 4.78 is 24.1. The smallest absolute Gasteiger partial charge is 0.249 e. The second-order valence-corrected chi connectivity index (χ2v) is 9.14. The lowest BCUT2D eigenvalue weighted by molar-refractivity contribution is -0.119. The number of carbonyl (C=O) groups excluding carboxylic acids is 1. The monoisotopic (exact) mass is 376 g/mol. The SMILES string of the molecule is CC(Nc1cnn(CCS(C)(=O)=O)c1)C(=O)N1c2ccccc2CC1C. The van der Waals surface area contributed by atoms with Crippen LogP contribution in [0.15, 0.2) is 36.7 Å². The van der Waals surface area contributed by atoms with E-state index in [9.17, 15) is 13.2 Å². The highest BCUT2D eigenvalue weighted by molar-refractivity contribution is 7.90. The van der Waals surface area contributed by atoms with Gasteiger partial charge in [0.05, 0.1) is 24.2 Å². The summed E-state index contributed by atoms with van der Waals surface area (Å²) in [5.74, 6) is 0.0383. The highest BCUT2D eigenvalue weighted by Gasteiger charge is 2.33. The van der Waals surface area contributed by atoms with Crippen molar-refractivity contribution < 1.29 is 13.2 Å². The number of anilines is 2. The summed E-state index contributed by atoms with van der Waals surface area (Å²) in [6.07, 6.45) is 5.38. The molecule has 0 aliphatic carbocycles. The van der Waals surface area contributed by atoms with Crippen LogP contribution in [0.2, 0.25) is 0 Å². The van der Waals surface area contributed by atoms with Crippen molar-refractivity contribution >= 4 is 27.1 Å². The predicted octanol–water partition coefficient (Wildman–Crippen LogP) is 1.71. The second-order valence-electron chi connectivity index (χ2n) is 6.88. The number of para-hydroxylation sites is 1. The van der Waals surface area contributed by atoms with Crippen LogP contribution in [0.1, 0.15) is 19.4 Å². The van der Waals surface area contributed by atoms with Crippen LogP contribution in [-0.4, -0.2) is 48.2 Å². The normalized spacial score (nSPS) is 17.8. The van der Waals surface area contributed by atoms with Crippen LogP contribution < -0.4 is 10.2 Å². The van der Waals surface area contributed by atoms with Gasteiger partial charge < -0.3 is 10.2 Å². The molecule has 1 N–H and O–H groups in total. The first kappa shape index (κ1) is 18.4. The maximum Gasteiger partial charge on any atom is 0.249 e. The van der Waals surface area contributed by atoms with E-state index in [1.807, 2.05) is 36.9 Å². The second kappa shape index (κ2) is 7.11. The minimum Gasteiger partial charge on any atom is -0.371 e. The number of hydrogen-bond donors (Lipinski definition) is 1. The zero-order chi connectivity index (χ0) is 18.9. The number of amides is 1. The van der Waals surface area contributed by atoms with E-state index in [4.69, 9.17) is 0 Å². The Hall–Kier alpha value is -2.35. The Bertz CT molecular complexity index is 907. The molecule has 1 aliphatic rings. The molecule has 0 spiro atoms. The Balaban J connectivity index is 1.66. The molecule has 0 radical (unpaired) electrons. The molecule has 7 nitrogen and oxygen atoms in total. The summed E-state index contributed by atoms with van der Waals surface area (Å²) in [5.41, 5.74) is 2.86. The van der Waals surface area contributed by atoms with Gasteiger partial charge in [-0.25, -0.2) is 8.42 Å². The quantitative estimate of drug-likeness (QED) is 0.830. The van der Waals surface area contributed by atoms with Crippen molar-refractivity contribution in [1.29, 1.82) is 0 Å². The molecule has 1 aliphatic heterocycles. The van der Waals surface area contributed by atoms with Crippen molar-refractivity contribution in [3.05, 3.63) is 42.2 Å². The minimum absolute atomic E-state index is 0.00587. The zero-order valence-corrected chi connectivity index (χ0v) is 16.0. The number of carbonyl (C=O) groups is 1. The van der Waals surface area contributed by atoms with Gasteiger partial charge in [0, 0.05) is 24.2 Å². The van der Waals surface area contributed by atoms with Crippen LogP contribution >= 0.6 is 0 Å². The topological polar surface area (TPSA) is 84.3 Å². The van der Waals surface area contributed by atoms with E-state index in [1.165, 1.54) is 11.8 Å². The molecule has 2 aromatic rings. The third kappa shape index (κ3) is 4.07. The van der Waals surface area contributed by atoms with Crippen LogP contribution in [-0.2, 0) is 27.6 Å². The highest BCUT2D eigenvalue weighted by atomic mass is 32.2. The average molecular weight is 376 g/mol. The van der Waals surface area contributed by atoms with Crippen LogP contribution in [0.25, 0.3) is 0 Å². The largest absolute Gasteiger partial charge is 0.371 e. The van der Waals surface area contributed by atoms with Gasteiger partial charge in [-0.1, -0.05) is 18.2 Å². The molecule has 8 heteroatoms. The van der Waals surface area contributed by atoms with Crippen LogP contribution in [0.3, 0.4) is 0 Å². The fraction of sp³-hybridized carbons (Fsp3) is 0.444. The van der Waals surface area contributed by atoms with Crippen molar-refractivity contribution in [3.63, 3.8) is 0 Å². The molecule has 2 heterocycles. The van der Waals surface area contributed by atoms with Crippen molar-refractivity contribution in [1.82, 2.24) is 9.78 Å². The highest BCUT2D eigenvalue weighted by Crippen LogP contribution is 2.32. The third-order valence-corrected chi connectivity index (χ3v) is 5.45. The Morgan fingerprint density at radius 3 is 2.85 bits per heavy atom. The molecule has 2 unspecified atom stereocenters. The van der Waals surface area contributed by atoms with Gasteiger partial charge in [-0.2, -0.15) is 5.10 Å². The lowest BCUT2D eigenvalue weighted by Gasteiger charge is -2.26. The van der Waals surface area contributed by atoms with Crippen LogP contribution in [0.5, 0.6) is 0 Å². The van der Waals surface area contributed by atoms with Gasteiger partial charge in [-0.3, -0.25) is 9.48 Å². The van der Waals surface area contributed by atoms with E-state index in [0.717, 1.165) is 12.1 Å². The van der Waals surface area contributed by atoms with Gasteiger partial charge in [0.25, 0.3) is 0 Å². The van der Waals surface area contributed by atoms with Crippen molar-refractivity contribution in [2.75, 3.05) is 22.2 Å². The number of nitrogens with zero attached hydrogens (tertiary/aromatic N) is 3. The Labute approximate surface area is 153 Å². The lowest BCUT2D eigenvalue weighted by Crippen LogP contribution is -2.44. The van der Waals surface area contributed by atoms with Gasteiger partial charge in [-0.15, -0.1) is 0 Å². The first-order valence-electron chi connectivity index (χ1n) is 8.62. The van der Waals surface area contributed by atoms with E-state index in [1.54, 1.807) is 17.1 Å². The van der Waals surface area contributed by atoms with Gasteiger partial charge in [0.2, 0.25) is 5.91 Å². The Morgan fingerprint density at radius 1 is 1.38 bits per heavy atom. The summed E-state index contributed by atoms with van der Waals surface area (Å²) in [6.45, 7) is 4.16. The van der Waals surface area contributed by atoms with Crippen molar-refractivity contribution in [2.24, 2.45) is 0 Å². The maximum absolute atomic E-state index is 12.9. The summed E-state index contributed by atoms with van der Waals surface area (Å²) in [6, 6.07) is 7.68. The molecule has 26 heavy (non-hydrogen) atoms. The molecule has 0 bridgehead atoms. The van der Waals surface area contributed by atoms with Crippen LogP contribution in [0, 0.1) is 0 Å². The van der Waals surface area contributed by atoms with E-state index in [2.05, 4.69) is 16.5 Å². The number of rotatable bonds is 6. The van der Waals surface area contributed by atoms with E-state index < -0.39 is 15.9 Å². The van der Waals surface area contributed by atoms with Gasteiger partial charge in [0.15, 0.2) is 0 Å². The molecule has 1 aromatic carbocycles. The Morgan fingerprint density at radius 2 is 2.12 bits per heavy atom. The van der Waals surface area contributed by atoms with Crippen LogP contribution in [0.4, 0.5) is 11.4 Å². The molecular formula is C18H24N4O3S. The summed E-state index contributed by atoms with van der Waals surface area (Å²) in [4.78, 5) is 14.8. The molecule has 0 saturated heterocycles. The summed E-state index contributed by atoms with van der Waals surface area (Å²) in [5, 5.41) is 7.31. The van der Waals surface area contributed by atoms with E-state index in [0.29, 0.717) is 12.2 Å². The van der Waals surface area contributed by atoms with Gasteiger partial charge >= 0.3 is 0 Å². The number of benzene rings is 1. The first-order chi connectivity index (χ1) is 12.2. The number of fused-ring (bicyclic) bond motifs is 1. The van der Waals surface area contributed by atoms with Gasteiger partial charge in [0.1, 0.15) is 15.9 Å². The zero-order valence-electron chi connectivity index (χ0n) is 15.2. The fourth-order valence-corrected chi connectivity index (χ4v) is 3.76. The molecule has 140 valence electrons. The van der Waals surface area contributed by atoms with Crippen molar-refractivity contribution in [3.8, 4) is 0 Å². The minimum atomic E-state index is -3.04. The molecule has 0 saturated carbocycles. The predicted molar refractivity (Wildman–Crippen MR) is 102 cm³/mol. The number of aryl methyl sites for hydroxylation is 1. The molecule has 0 fully saturated rings. The maximum atomic E-state index is 12.9. The molecule has 1 amide bonds. The fourth-order valence-electron chi connectivity index (χ4n) is 3.24. The lowest BCUT2D eigenvalue weighted by atomic mass is 10.1. The standard InChI is InChI=1S/C18H24N4O3S/c1-13-10-15-6-4-5-7-17(15)22(13)18(23)14(2)20-16-11-19-21(12-16)8-9-26(3,24)25/h4-7,11-14,20H,8-10H2,1-3H3. The number of aromatic nitrogens is 2. The molecule has 1 aromatic heterocycles. The first-order valence-corrected chi connectivity index (χ1v) is 10.7. The number of nitrogens with one attached hydrogen (secondary N) is 1. The van der Waals surface area contributed by atoms with E-state index in [-0.39, 0.29) is 17.7 Å². The summed E-state index contributed by atoms with van der Waals surface area (Å²) >= 11 is 0.